The van der Waals surface area contributed by atoms with E-state index in [0.717, 1.165) is 12.1 Å². The van der Waals surface area contributed by atoms with Gasteiger partial charge in [0, 0.05) is 0 Å². The molecule has 0 saturated heterocycles. The first kappa shape index (κ1) is 16.9. The molecule has 10 heteroatoms. The van der Waals surface area contributed by atoms with Gasteiger partial charge in [-0.15, -0.1) is 0 Å². The standard InChI is InChI=1S/C15H12F4N4O2/c1-7(8-2-4-9(5-3-8)15(17,18)19)23-12-11(10(6-16)22-23)13(24)21-14(25)20-12/h2-5,7H,6H2,1H3,(H2,20,21,24,25)/t7-/m0/s1. The Bertz CT molecular complexity index is 1030. The Morgan fingerprint density at radius 1 is 1.16 bits per heavy atom. The number of nitrogens with zero attached hydrogens (tertiary/aromatic N) is 2. The molecule has 0 aliphatic carbocycles. The van der Waals surface area contributed by atoms with Gasteiger partial charge in [-0.1, -0.05) is 12.1 Å². The topological polar surface area (TPSA) is 83.5 Å². The third-order valence-corrected chi connectivity index (χ3v) is 3.88. The van der Waals surface area contributed by atoms with E-state index in [2.05, 4.69) is 10.1 Å². The van der Waals surface area contributed by atoms with Crippen molar-refractivity contribution >= 4 is 11.0 Å². The second-order valence-corrected chi connectivity index (χ2v) is 5.45. The van der Waals surface area contributed by atoms with Gasteiger partial charge in [0.1, 0.15) is 23.4 Å². The van der Waals surface area contributed by atoms with E-state index >= 15 is 0 Å². The summed E-state index contributed by atoms with van der Waals surface area (Å²) in [5, 5.41) is 3.89. The van der Waals surface area contributed by atoms with Crippen LogP contribution in [0.3, 0.4) is 0 Å². The van der Waals surface area contributed by atoms with E-state index < -0.39 is 35.7 Å². The summed E-state index contributed by atoms with van der Waals surface area (Å²) in [6.45, 7) is 0.578. The number of aromatic nitrogens is 4. The molecule has 0 aliphatic heterocycles. The number of aromatic amines is 2. The lowest BCUT2D eigenvalue weighted by molar-refractivity contribution is -0.137. The lowest BCUT2D eigenvalue weighted by Gasteiger charge is -2.15. The summed E-state index contributed by atoms with van der Waals surface area (Å²) in [6, 6.07) is 3.73. The van der Waals surface area contributed by atoms with E-state index in [1.807, 2.05) is 4.98 Å². The van der Waals surface area contributed by atoms with Gasteiger partial charge in [0.15, 0.2) is 0 Å². The number of hydrogen-bond acceptors (Lipinski definition) is 3. The number of alkyl halides is 4. The Balaban J connectivity index is 2.13. The molecular weight excluding hydrogens is 344 g/mol. The number of nitrogens with one attached hydrogen (secondary N) is 2. The molecule has 0 spiro atoms. The molecule has 0 unspecified atom stereocenters. The van der Waals surface area contributed by atoms with Gasteiger partial charge in [-0.3, -0.25) is 14.8 Å². The van der Waals surface area contributed by atoms with Crippen molar-refractivity contribution in [3.8, 4) is 0 Å². The molecule has 2 aromatic heterocycles. The molecule has 0 bridgehead atoms. The third-order valence-electron chi connectivity index (χ3n) is 3.88. The maximum absolute atomic E-state index is 13.2. The third kappa shape index (κ3) is 2.94. The monoisotopic (exact) mass is 356 g/mol. The number of H-pyrrole nitrogens is 2. The molecule has 0 fully saturated rings. The summed E-state index contributed by atoms with van der Waals surface area (Å²) < 4.78 is 52.3. The molecular formula is C15H12F4N4O2. The highest BCUT2D eigenvalue weighted by atomic mass is 19.4. The molecule has 2 N–H and O–H groups in total. The molecule has 132 valence electrons. The number of benzene rings is 1. The van der Waals surface area contributed by atoms with E-state index in [-0.39, 0.29) is 16.7 Å². The Hall–Kier alpha value is -2.91. The van der Waals surface area contributed by atoms with Crippen LogP contribution in [0, 0.1) is 0 Å². The molecule has 2 heterocycles. The Morgan fingerprint density at radius 3 is 2.36 bits per heavy atom. The highest BCUT2D eigenvalue weighted by molar-refractivity contribution is 5.77. The zero-order valence-electron chi connectivity index (χ0n) is 12.8. The smallest absolute Gasteiger partial charge is 0.291 e. The molecule has 0 saturated carbocycles. The summed E-state index contributed by atoms with van der Waals surface area (Å²) >= 11 is 0. The Morgan fingerprint density at radius 2 is 1.80 bits per heavy atom. The van der Waals surface area contributed by atoms with Crippen LogP contribution in [0.5, 0.6) is 0 Å². The Labute approximate surface area is 137 Å². The number of fused-ring (bicyclic) bond motifs is 1. The van der Waals surface area contributed by atoms with Crippen molar-refractivity contribution in [2.24, 2.45) is 0 Å². The van der Waals surface area contributed by atoms with Gasteiger partial charge in [-0.2, -0.15) is 18.3 Å². The van der Waals surface area contributed by atoms with Crippen LogP contribution in [-0.2, 0) is 12.9 Å². The van der Waals surface area contributed by atoms with Crippen LogP contribution >= 0.6 is 0 Å². The van der Waals surface area contributed by atoms with Gasteiger partial charge in [0.25, 0.3) is 5.56 Å². The van der Waals surface area contributed by atoms with Crippen molar-refractivity contribution in [1.82, 2.24) is 19.7 Å². The molecule has 6 nitrogen and oxygen atoms in total. The van der Waals surface area contributed by atoms with Crippen molar-refractivity contribution < 1.29 is 17.6 Å². The van der Waals surface area contributed by atoms with E-state index in [1.54, 1.807) is 6.92 Å². The molecule has 25 heavy (non-hydrogen) atoms. The van der Waals surface area contributed by atoms with Gasteiger partial charge in [-0.25, -0.2) is 13.9 Å². The predicted molar refractivity (Wildman–Crippen MR) is 81.0 cm³/mol. The van der Waals surface area contributed by atoms with Crippen LogP contribution in [0.2, 0.25) is 0 Å². The highest BCUT2D eigenvalue weighted by Crippen LogP contribution is 2.30. The SMILES string of the molecule is C[C@@H](c1ccc(C(F)(F)F)cc1)n1nc(CF)c2c(=O)[nH]c(=O)[nH]c21. The van der Waals surface area contributed by atoms with Crippen LogP contribution in [0.25, 0.3) is 11.0 Å². The minimum atomic E-state index is -4.46. The van der Waals surface area contributed by atoms with Gasteiger partial charge in [0.05, 0.1) is 11.6 Å². The average Bonchev–Trinajstić information content (AvgIpc) is 2.92. The largest absolute Gasteiger partial charge is 0.416 e. The van der Waals surface area contributed by atoms with Crippen molar-refractivity contribution in [3.05, 3.63) is 61.9 Å². The first-order valence-electron chi connectivity index (χ1n) is 7.19. The van der Waals surface area contributed by atoms with Gasteiger partial charge < -0.3 is 0 Å². The lowest BCUT2D eigenvalue weighted by atomic mass is 10.1. The Kier molecular flexibility index (Phi) is 3.97. The van der Waals surface area contributed by atoms with Crippen LogP contribution in [-0.4, -0.2) is 19.7 Å². The van der Waals surface area contributed by atoms with Crippen molar-refractivity contribution in [3.63, 3.8) is 0 Å². The van der Waals surface area contributed by atoms with Crippen LogP contribution in [0.4, 0.5) is 17.6 Å². The van der Waals surface area contributed by atoms with Crippen molar-refractivity contribution in [2.75, 3.05) is 0 Å². The molecule has 0 radical (unpaired) electrons. The van der Waals surface area contributed by atoms with Crippen LogP contribution in [0.15, 0.2) is 33.9 Å². The molecule has 3 aromatic rings. The van der Waals surface area contributed by atoms with E-state index in [1.165, 1.54) is 16.8 Å². The number of halogens is 4. The molecule has 0 amide bonds. The van der Waals surface area contributed by atoms with E-state index in [9.17, 15) is 27.2 Å². The summed E-state index contributed by atoms with van der Waals surface area (Å²) in [4.78, 5) is 27.8. The minimum absolute atomic E-state index is 0.00815. The van der Waals surface area contributed by atoms with Gasteiger partial charge in [-0.05, 0) is 24.6 Å². The molecule has 1 atom stereocenters. The first-order chi connectivity index (χ1) is 11.7. The summed E-state index contributed by atoms with van der Waals surface area (Å²) in [5.74, 6) is 0. The number of hydrogen-bond donors (Lipinski definition) is 2. The van der Waals surface area contributed by atoms with E-state index in [0.29, 0.717) is 5.56 Å². The lowest BCUT2D eigenvalue weighted by Crippen LogP contribution is -2.23. The van der Waals surface area contributed by atoms with Gasteiger partial charge in [0.2, 0.25) is 0 Å². The second kappa shape index (κ2) is 5.87. The van der Waals surface area contributed by atoms with Crippen LogP contribution < -0.4 is 11.2 Å². The molecule has 0 aliphatic rings. The maximum atomic E-state index is 13.2. The number of rotatable bonds is 3. The van der Waals surface area contributed by atoms with Crippen molar-refractivity contribution in [2.45, 2.75) is 25.8 Å². The second-order valence-electron chi connectivity index (χ2n) is 5.45. The molecule has 1 aromatic carbocycles. The van der Waals surface area contributed by atoms with E-state index in [4.69, 9.17) is 0 Å². The normalized spacial score (nSPS) is 13.3. The summed E-state index contributed by atoms with van der Waals surface area (Å²) in [5.41, 5.74) is -2.08. The highest BCUT2D eigenvalue weighted by Gasteiger charge is 2.30. The van der Waals surface area contributed by atoms with Crippen molar-refractivity contribution in [1.29, 1.82) is 0 Å². The fraction of sp³-hybridized carbons (Fsp3) is 0.267. The van der Waals surface area contributed by atoms with Gasteiger partial charge >= 0.3 is 11.9 Å². The maximum Gasteiger partial charge on any atom is 0.416 e. The predicted octanol–water partition coefficient (Wildman–Crippen LogP) is 2.51. The zero-order chi connectivity index (χ0) is 18.4. The van der Waals surface area contributed by atoms with Crippen LogP contribution in [0.1, 0.15) is 29.8 Å². The average molecular weight is 356 g/mol. The zero-order valence-corrected chi connectivity index (χ0v) is 12.8. The minimum Gasteiger partial charge on any atom is -0.291 e. The molecule has 3 rings (SSSR count). The summed E-state index contributed by atoms with van der Waals surface area (Å²) in [6.07, 6.45) is -4.46. The first-order valence-corrected chi connectivity index (χ1v) is 7.19. The summed E-state index contributed by atoms with van der Waals surface area (Å²) in [7, 11) is 0. The fourth-order valence-electron chi connectivity index (χ4n) is 2.61. The quantitative estimate of drug-likeness (QED) is 0.708. The fourth-order valence-corrected chi connectivity index (χ4v) is 2.61.